The molecule has 53 heavy (non-hydrogen) atoms. The van der Waals surface area contributed by atoms with Crippen LogP contribution in [0, 0.1) is 12.1 Å². The summed E-state index contributed by atoms with van der Waals surface area (Å²) in [7, 11) is 0. The van der Waals surface area contributed by atoms with Crippen LogP contribution in [0.15, 0.2) is 150 Å². The monoisotopic (exact) mass is 678 g/mol. The Balaban J connectivity index is 1.16. The Kier molecular flexibility index (Phi) is 6.15. The maximum absolute atomic E-state index is 6.52. The number of nitrogens with zero attached hydrogens (tertiary/aromatic N) is 4. The minimum Gasteiger partial charge on any atom is -0.456 e. The van der Waals surface area contributed by atoms with E-state index < -0.39 is 0 Å². The summed E-state index contributed by atoms with van der Waals surface area (Å²) >= 11 is 0. The first-order chi connectivity index (χ1) is 26.0. The number of fused-ring (bicyclic) bond motifs is 9. The quantitative estimate of drug-likeness (QED) is 0.186. The van der Waals surface area contributed by atoms with E-state index in [1.54, 1.807) is 0 Å². The lowest BCUT2D eigenvalue weighted by molar-refractivity contribution is 0.661. The van der Waals surface area contributed by atoms with Crippen LogP contribution in [-0.4, -0.2) is 19.5 Å². The summed E-state index contributed by atoms with van der Waals surface area (Å²) < 4.78 is 8.93. The van der Waals surface area contributed by atoms with E-state index in [1.807, 2.05) is 60.7 Å². The van der Waals surface area contributed by atoms with Crippen LogP contribution in [0.3, 0.4) is 0 Å². The SMILES string of the molecule is CC1(C)c2ccccc2-c2cc3c4ccccc4n(-c4ccc5oc6cccc(-c7nc(-c8c#cccc8)nc(-c8ccccc8)n7)c6c5c4)c3cc21. The minimum atomic E-state index is -0.113. The van der Waals surface area contributed by atoms with Gasteiger partial charge >= 0.3 is 0 Å². The average molecular weight is 679 g/mol. The summed E-state index contributed by atoms with van der Waals surface area (Å²) in [6.07, 6.45) is 0. The largest absolute Gasteiger partial charge is 0.456 e. The van der Waals surface area contributed by atoms with Crippen LogP contribution >= 0.6 is 0 Å². The highest BCUT2D eigenvalue weighted by Gasteiger charge is 2.36. The molecule has 3 heterocycles. The maximum atomic E-state index is 6.52. The van der Waals surface area contributed by atoms with Gasteiger partial charge in [0.25, 0.3) is 0 Å². The summed E-state index contributed by atoms with van der Waals surface area (Å²) in [5.41, 5.74) is 12.8. The van der Waals surface area contributed by atoms with Gasteiger partial charge in [-0.05, 0) is 76.9 Å². The van der Waals surface area contributed by atoms with Gasteiger partial charge in [0.1, 0.15) is 11.2 Å². The second kappa shape index (κ2) is 11.0. The van der Waals surface area contributed by atoms with Gasteiger partial charge in [0.05, 0.1) is 16.6 Å². The molecule has 0 aliphatic heterocycles. The van der Waals surface area contributed by atoms with Gasteiger partial charge in [-0.3, -0.25) is 0 Å². The predicted octanol–water partition coefficient (Wildman–Crippen LogP) is 11.8. The lowest BCUT2D eigenvalue weighted by Gasteiger charge is -2.21. The summed E-state index contributed by atoms with van der Waals surface area (Å²) in [5.74, 6) is 1.70. The van der Waals surface area contributed by atoms with Gasteiger partial charge in [-0.15, -0.1) is 0 Å². The van der Waals surface area contributed by atoms with Crippen molar-refractivity contribution in [2.45, 2.75) is 19.3 Å². The third-order valence-electron chi connectivity index (χ3n) is 10.9. The van der Waals surface area contributed by atoms with Crippen molar-refractivity contribution in [2.24, 2.45) is 0 Å². The van der Waals surface area contributed by atoms with E-state index in [4.69, 9.17) is 19.4 Å². The van der Waals surface area contributed by atoms with E-state index in [0.717, 1.165) is 49.8 Å². The topological polar surface area (TPSA) is 56.7 Å². The smallest absolute Gasteiger partial charge is 0.172 e. The number of para-hydroxylation sites is 1. The van der Waals surface area contributed by atoms with Gasteiger partial charge in [-0.25, -0.2) is 15.0 Å². The molecule has 5 nitrogen and oxygen atoms in total. The fraction of sp³-hybridized carbons (Fsp3) is 0.0625. The third-order valence-corrected chi connectivity index (χ3v) is 10.9. The number of hydrogen-bond donors (Lipinski definition) is 0. The van der Waals surface area contributed by atoms with E-state index >= 15 is 0 Å². The molecule has 7 aromatic carbocycles. The highest BCUT2D eigenvalue weighted by atomic mass is 16.3. The van der Waals surface area contributed by atoms with E-state index in [0.29, 0.717) is 17.5 Å². The van der Waals surface area contributed by atoms with Crippen LogP contribution in [0.4, 0.5) is 0 Å². The van der Waals surface area contributed by atoms with Gasteiger partial charge < -0.3 is 8.98 Å². The molecule has 0 saturated carbocycles. The van der Waals surface area contributed by atoms with Crippen LogP contribution in [-0.2, 0) is 5.41 Å². The Morgan fingerprint density at radius 3 is 2.23 bits per heavy atom. The summed E-state index contributed by atoms with van der Waals surface area (Å²) in [6.45, 7) is 4.68. The van der Waals surface area contributed by atoms with Crippen molar-refractivity contribution in [3.8, 4) is 51.0 Å². The lowest BCUT2D eigenvalue weighted by atomic mass is 9.82. The number of hydrogen-bond acceptors (Lipinski definition) is 4. The molecule has 0 saturated heterocycles. The van der Waals surface area contributed by atoms with Crippen molar-refractivity contribution < 1.29 is 4.42 Å². The van der Waals surface area contributed by atoms with E-state index in [9.17, 15) is 0 Å². The summed E-state index contributed by atoms with van der Waals surface area (Å²) in [6, 6.07) is 56.9. The van der Waals surface area contributed by atoms with Crippen LogP contribution in [0.25, 0.3) is 94.7 Å². The first-order valence-corrected chi connectivity index (χ1v) is 17.9. The van der Waals surface area contributed by atoms with Gasteiger partial charge in [0, 0.05) is 43.8 Å². The standard InChI is InChI=1S/C48H30N4O/c1-48(2)38-21-11-9-18-32(38)35-27-36-33-19-10-12-22-40(33)52(41(36)28-39(35)48)31-24-25-42-37(26-31)44-34(20-13-23-43(44)53-42)47-50-45(29-14-5-3-6-15-29)49-46(51-47)30-16-7-4-8-17-30/h3-7,9-16,18-28H,1-2H3. The van der Waals surface area contributed by atoms with Gasteiger partial charge in [0.15, 0.2) is 17.5 Å². The normalized spacial score (nSPS) is 13.1. The molecule has 248 valence electrons. The summed E-state index contributed by atoms with van der Waals surface area (Å²) in [5, 5.41) is 4.43. The van der Waals surface area contributed by atoms with Crippen LogP contribution in [0.2, 0.25) is 0 Å². The second-order valence-corrected chi connectivity index (χ2v) is 14.3. The average Bonchev–Trinajstić information content (AvgIpc) is 3.82. The van der Waals surface area contributed by atoms with Crippen molar-refractivity contribution in [1.82, 2.24) is 19.5 Å². The molecule has 5 heteroatoms. The number of rotatable bonds is 4. The Labute approximate surface area is 305 Å². The molecule has 0 unspecified atom stereocenters. The highest BCUT2D eigenvalue weighted by Crippen LogP contribution is 2.51. The Bertz CT molecular complexity index is 3020. The first-order valence-electron chi connectivity index (χ1n) is 17.9. The molecule has 0 atom stereocenters. The third kappa shape index (κ3) is 4.36. The first kappa shape index (κ1) is 29.7. The van der Waals surface area contributed by atoms with Crippen molar-refractivity contribution >= 4 is 43.7 Å². The predicted molar refractivity (Wildman–Crippen MR) is 213 cm³/mol. The molecule has 0 fully saturated rings. The molecule has 1 aliphatic carbocycles. The van der Waals surface area contributed by atoms with Crippen LogP contribution < -0.4 is 0 Å². The zero-order chi connectivity index (χ0) is 35.3. The van der Waals surface area contributed by atoms with Crippen molar-refractivity contribution in [3.05, 3.63) is 169 Å². The fourth-order valence-electron chi connectivity index (χ4n) is 8.40. The summed E-state index contributed by atoms with van der Waals surface area (Å²) in [4.78, 5) is 15.0. The number of furan rings is 1. The maximum Gasteiger partial charge on any atom is 0.172 e. The molecule has 0 spiro atoms. The van der Waals surface area contributed by atoms with Gasteiger partial charge in [0.2, 0.25) is 0 Å². The van der Waals surface area contributed by atoms with Gasteiger partial charge in [-0.1, -0.05) is 117 Å². The zero-order valence-corrected chi connectivity index (χ0v) is 29.1. The Morgan fingerprint density at radius 2 is 1.34 bits per heavy atom. The molecule has 11 rings (SSSR count). The molecular weight excluding hydrogens is 649 g/mol. The Hall–Kier alpha value is -7.03. The molecule has 0 amide bonds. The van der Waals surface area contributed by atoms with Crippen LogP contribution in [0.1, 0.15) is 25.0 Å². The lowest BCUT2D eigenvalue weighted by Crippen LogP contribution is -2.14. The highest BCUT2D eigenvalue weighted by molar-refractivity contribution is 6.14. The van der Waals surface area contributed by atoms with Gasteiger partial charge in [-0.2, -0.15) is 0 Å². The molecule has 0 N–H and O–H groups in total. The molecule has 3 aromatic heterocycles. The molecule has 1 aliphatic rings. The molecule has 0 bridgehead atoms. The number of benzene rings is 6. The van der Waals surface area contributed by atoms with Crippen LogP contribution in [0.5, 0.6) is 0 Å². The second-order valence-electron chi connectivity index (χ2n) is 14.3. The fourth-order valence-corrected chi connectivity index (χ4v) is 8.40. The van der Waals surface area contributed by atoms with E-state index in [1.165, 1.54) is 38.5 Å². The van der Waals surface area contributed by atoms with Crippen molar-refractivity contribution in [3.63, 3.8) is 0 Å². The van der Waals surface area contributed by atoms with E-state index in [2.05, 4.69) is 115 Å². The molecular formula is C48H30N4O. The number of aromatic nitrogens is 4. The Morgan fingerprint density at radius 1 is 0.547 bits per heavy atom. The zero-order valence-electron chi connectivity index (χ0n) is 29.1. The van der Waals surface area contributed by atoms with Crippen molar-refractivity contribution in [1.29, 1.82) is 0 Å². The minimum absolute atomic E-state index is 0.113. The molecule has 10 aromatic rings. The molecule has 0 radical (unpaired) electrons. The van der Waals surface area contributed by atoms with E-state index in [-0.39, 0.29) is 5.41 Å². The van der Waals surface area contributed by atoms with Crippen molar-refractivity contribution in [2.75, 3.05) is 0 Å².